The minimum absolute atomic E-state index is 0.0993. The van der Waals surface area contributed by atoms with Crippen molar-refractivity contribution in [1.82, 2.24) is 9.99 Å². The minimum atomic E-state index is -0.987. The fourth-order valence-electron chi connectivity index (χ4n) is 4.03. The van der Waals surface area contributed by atoms with E-state index in [4.69, 9.17) is 19.2 Å². The van der Waals surface area contributed by atoms with Gasteiger partial charge in [-0.2, -0.15) is 5.01 Å². The van der Waals surface area contributed by atoms with Crippen LogP contribution in [0, 0.1) is 0 Å². The molecule has 1 unspecified atom stereocenters. The van der Waals surface area contributed by atoms with Crippen molar-refractivity contribution in [1.29, 1.82) is 0 Å². The highest BCUT2D eigenvalue weighted by atomic mass is 16.6. The van der Waals surface area contributed by atoms with Gasteiger partial charge in [0.25, 0.3) is 0 Å². The molecule has 9 heteroatoms. The lowest BCUT2D eigenvalue weighted by atomic mass is 10.1. The van der Waals surface area contributed by atoms with Crippen LogP contribution in [-0.2, 0) is 19.1 Å². The number of pyridine rings is 1. The third-order valence-electron chi connectivity index (χ3n) is 5.69. The molecule has 1 amide bonds. The molecule has 178 valence electrons. The van der Waals surface area contributed by atoms with E-state index in [9.17, 15) is 14.4 Å². The van der Waals surface area contributed by atoms with Gasteiger partial charge in [-0.3, -0.25) is 19.4 Å². The number of hydrazone groups is 1. The maximum Gasteiger partial charge on any atom is 0.308 e. The van der Waals surface area contributed by atoms with Crippen LogP contribution >= 0.6 is 0 Å². The molecule has 1 fully saturated rings. The predicted molar refractivity (Wildman–Crippen MR) is 126 cm³/mol. The fraction of sp³-hybridized carbons (Fsp3) is 0.269. The number of rotatable bonds is 5. The quantitative estimate of drug-likeness (QED) is 0.404. The van der Waals surface area contributed by atoms with Crippen molar-refractivity contribution in [2.75, 3.05) is 0 Å². The molecule has 0 N–H and O–H groups in total. The van der Waals surface area contributed by atoms with Gasteiger partial charge >= 0.3 is 11.9 Å². The van der Waals surface area contributed by atoms with Crippen molar-refractivity contribution in [3.8, 4) is 11.5 Å². The third-order valence-corrected chi connectivity index (χ3v) is 5.69. The average molecular weight is 473 g/mol. The number of benzene rings is 2. The summed E-state index contributed by atoms with van der Waals surface area (Å²) in [5.41, 5.74) is 2.90. The maximum atomic E-state index is 12.6. The van der Waals surface area contributed by atoms with Crippen LogP contribution in [-0.4, -0.2) is 33.7 Å². The van der Waals surface area contributed by atoms with Gasteiger partial charge in [0.15, 0.2) is 0 Å². The number of ether oxygens (including phenoxy) is 3. The van der Waals surface area contributed by atoms with Gasteiger partial charge in [0.05, 0.1) is 11.1 Å². The molecule has 1 saturated carbocycles. The van der Waals surface area contributed by atoms with E-state index >= 15 is 0 Å². The van der Waals surface area contributed by atoms with Crippen LogP contribution in [0.4, 0.5) is 0 Å². The van der Waals surface area contributed by atoms with Gasteiger partial charge in [-0.1, -0.05) is 18.2 Å². The summed E-state index contributed by atoms with van der Waals surface area (Å²) >= 11 is 0. The number of amides is 1. The van der Waals surface area contributed by atoms with Crippen LogP contribution in [0.2, 0.25) is 0 Å². The van der Waals surface area contributed by atoms with Crippen molar-refractivity contribution in [3.63, 3.8) is 0 Å². The number of hydrogen-bond donors (Lipinski definition) is 0. The summed E-state index contributed by atoms with van der Waals surface area (Å²) in [6, 6.07) is 14.2. The second-order valence-electron chi connectivity index (χ2n) is 8.51. The van der Waals surface area contributed by atoms with Gasteiger partial charge in [0.1, 0.15) is 11.5 Å². The van der Waals surface area contributed by atoms with Crippen LogP contribution < -0.4 is 9.47 Å². The zero-order valence-corrected chi connectivity index (χ0v) is 19.5. The Morgan fingerprint density at radius 1 is 0.971 bits per heavy atom. The van der Waals surface area contributed by atoms with Crippen LogP contribution in [0.15, 0.2) is 53.6 Å². The van der Waals surface area contributed by atoms with Gasteiger partial charge < -0.3 is 14.2 Å². The summed E-state index contributed by atoms with van der Waals surface area (Å²) < 4.78 is 16.7. The lowest BCUT2D eigenvalue weighted by Gasteiger charge is -2.21. The lowest BCUT2D eigenvalue weighted by Crippen LogP contribution is -2.26. The SMILES string of the molecule is CC(=O)Oc1ccc(C2OC(c3cc(C4CC4)nc4ccccc34)=NN2C(C)=O)c(OC(C)=O)c1. The molecule has 0 spiro atoms. The molecule has 1 aliphatic heterocycles. The highest BCUT2D eigenvalue weighted by molar-refractivity contribution is 6.07. The number of fused-ring (bicyclic) bond motifs is 1. The van der Waals surface area contributed by atoms with Crippen LogP contribution in [0.1, 0.15) is 62.6 Å². The molecule has 1 aromatic heterocycles. The van der Waals surface area contributed by atoms with Gasteiger partial charge in [-0.25, -0.2) is 0 Å². The zero-order valence-electron chi connectivity index (χ0n) is 19.5. The number of para-hydroxylation sites is 1. The number of aromatic nitrogens is 1. The van der Waals surface area contributed by atoms with E-state index in [-0.39, 0.29) is 23.3 Å². The first-order valence-electron chi connectivity index (χ1n) is 11.3. The molecule has 1 aliphatic carbocycles. The topological polar surface area (TPSA) is 107 Å². The first-order valence-corrected chi connectivity index (χ1v) is 11.3. The van der Waals surface area contributed by atoms with Crippen LogP contribution in [0.3, 0.4) is 0 Å². The Morgan fingerprint density at radius 3 is 2.40 bits per heavy atom. The normalized spacial score (nSPS) is 17.1. The van der Waals surface area contributed by atoms with E-state index in [2.05, 4.69) is 5.10 Å². The number of esters is 2. The van der Waals surface area contributed by atoms with Gasteiger partial charge in [-0.15, -0.1) is 5.10 Å². The molecule has 0 bridgehead atoms. The summed E-state index contributed by atoms with van der Waals surface area (Å²) in [5.74, 6) is -0.483. The lowest BCUT2D eigenvalue weighted by molar-refractivity contribution is -0.135. The molecule has 3 aromatic rings. The minimum Gasteiger partial charge on any atom is -0.445 e. The predicted octanol–water partition coefficient (Wildman–Crippen LogP) is 4.20. The molecule has 1 atom stereocenters. The summed E-state index contributed by atoms with van der Waals surface area (Å²) in [6.45, 7) is 3.90. The van der Waals surface area contributed by atoms with Crippen molar-refractivity contribution in [3.05, 3.63) is 65.4 Å². The summed E-state index contributed by atoms with van der Waals surface area (Å²) in [5, 5.41) is 6.56. The Kier molecular flexibility index (Phi) is 5.68. The van der Waals surface area contributed by atoms with E-state index in [0.29, 0.717) is 11.5 Å². The molecular weight excluding hydrogens is 450 g/mol. The highest BCUT2D eigenvalue weighted by Gasteiger charge is 2.37. The second kappa shape index (κ2) is 8.83. The van der Waals surface area contributed by atoms with Crippen LogP contribution in [0.5, 0.6) is 11.5 Å². The number of hydrogen-bond acceptors (Lipinski definition) is 8. The van der Waals surface area contributed by atoms with Crippen molar-refractivity contribution in [2.45, 2.75) is 45.8 Å². The Morgan fingerprint density at radius 2 is 1.71 bits per heavy atom. The van der Waals surface area contributed by atoms with Crippen LogP contribution in [0.25, 0.3) is 10.9 Å². The third kappa shape index (κ3) is 4.57. The largest absolute Gasteiger partial charge is 0.445 e. The Hall–Kier alpha value is -4.27. The van der Waals surface area contributed by atoms with Crippen molar-refractivity contribution < 1.29 is 28.6 Å². The van der Waals surface area contributed by atoms with Gasteiger partial charge in [0.2, 0.25) is 18.0 Å². The van der Waals surface area contributed by atoms with E-state index in [1.807, 2.05) is 30.3 Å². The highest BCUT2D eigenvalue weighted by Crippen LogP contribution is 2.42. The number of carbonyl (C=O) groups excluding carboxylic acids is 3. The molecule has 2 aliphatic rings. The van der Waals surface area contributed by atoms with Crippen molar-refractivity contribution >= 4 is 34.6 Å². The number of nitrogens with zero attached hydrogens (tertiary/aromatic N) is 3. The Balaban J connectivity index is 1.57. The molecule has 2 heterocycles. The molecule has 0 radical (unpaired) electrons. The Bertz CT molecular complexity index is 1400. The fourth-order valence-corrected chi connectivity index (χ4v) is 4.03. The Labute approximate surface area is 201 Å². The zero-order chi connectivity index (χ0) is 24.7. The molecule has 35 heavy (non-hydrogen) atoms. The smallest absolute Gasteiger partial charge is 0.308 e. The number of carbonyl (C=O) groups is 3. The van der Waals surface area contributed by atoms with E-state index < -0.39 is 18.2 Å². The summed E-state index contributed by atoms with van der Waals surface area (Å²) in [6.07, 6.45) is 1.18. The monoisotopic (exact) mass is 473 g/mol. The standard InChI is InChI=1S/C26H23N3O6/c1-14(30)29-26(20-11-10-18(33-15(2)31)12-24(20)34-16(3)32)35-25(28-29)21-13-23(17-8-9-17)27-22-7-5-4-6-19(21)22/h4-7,10-13,17,26H,8-9H2,1-3H3. The van der Waals surface area contributed by atoms with E-state index in [1.54, 1.807) is 6.07 Å². The maximum absolute atomic E-state index is 12.6. The van der Waals surface area contributed by atoms with Gasteiger partial charge in [-0.05, 0) is 37.1 Å². The van der Waals surface area contributed by atoms with Gasteiger partial charge in [0, 0.05) is 49.4 Å². The molecule has 2 aromatic carbocycles. The van der Waals surface area contributed by atoms with E-state index in [0.717, 1.165) is 35.0 Å². The first kappa shape index (κ1) is 22.5. The molecule has 5 rings (SSSR count). The first-order chi connectivity index (χ1) is 16.8. The van der Waals surface area contributed by atoms with Crippen molar-refractivity contribution in [2.24, 2.45) is 5.10 Å². The molecule has 0 saturated heterocycles. The molecular formula is C26H23N3O6. The van der Waals surface area contributed by atoms with E-state index in [1.165, 1.54) is 37.9 Å². The summed E-state index contributed by atoms with van der Waals surface area (Å²) in [7, 11) is 0. The molecule has 9 nitrogen and oxygen atoms in total. The summed E-state index contributed by atoms with van der Waals surface area (Å²) in [4.78, 5) is 40.5. The average Bonchev–Trinajstić information content (AvgIpc) is 3.56. The second-order valence-corrected chi connectivity index (χ2v) is 8.51.